The molecule has 2 fully saturated rings. The van der Waals surface area contributed by atoms with Crippen molar-refractivity contribution in [2.24, 2.45) is 18.9 Å². The number of hydrogen-bond acceptors (Lipinski definition) is 3. The largest absolute Gasteiger partial charge is 0.370 e. The molecule has 172 valence electrons. The van der Waals surface area contributed by atoms with Gasteiger partial charge in [0, 0.05) is 43.9 Å². The second kappa shape index (κ2) is 8.99. The number of halogens is 1. The molecule has 1 aromatic carbocycles. The molecule has 4 unspecified atom stereocenters. The standard InChI is InChI=1S/C26H30ClN5S/c1-17-13-18(2)16-31(15-17)22-10-9-19(14-20(22)27)32-25(23-8-6-12-30(23)3)24(29-26(32)33)21-7-4-5-11-28-21/h4-12,14,17-18,24-25H,13,15-16H2,1-3H3,(H,29,33). The van der Waals surface area contributed by atoms with E-state index in [1.165, 1.54) is 6.42 Å². The van der Waals surface area contributed by atoms with Crippen molar-refractivity contribution in [3.05, 3.63) is 77.3 Å². The van der Waals surface area contributed by atoms with Crippen molar-refractivity contribution in [1.29, 1.82) is 0 Å². The maximum Gasteiger partial charge on any atom is 0.174 e. The molecule has 2 aromatic heterocycles. The maximum absolute atomic E-state index is 6.89. The highest BCUT2D eigenvalue weighted by Gasteiger charge is 2.42. The smallest absolute Gasteiger partial charge is 0.174 e. The van der Waals surface area contributed by atoms with Gasteiger partial charge in [-0.3, -0.25) is 4.98 Å². The molecule has 33 heavy (non-hydrogen) atoms. The lowest BCUT2D eigenvalue weighted by Gasteiger charge is -2.37. The van der Waals surface area contributed by atoms with Crippen LogP contribution in [-0.4, -0.2) is 27.8 Å². The van der Waals surface area contributed by atoms with Gasteiger partial charge in [-0.25, -0.2) is 0 Å². The number of aromatic nitrogens is 2. The van der Waals surface area contributed by atoms with Crippen LogP contribution in [-0.2, 0) is 7.05 Å². The number of rotatable bonds is 4. The Morgan fingerprint density at radius 1 is 1.06 bits per heavy atom. The number of pyridine rings is 1. The summed E-state index contributed by atoms with van der Waals surface area (Å²) in [5.41, 5.74) is 4.22. The lowest BCUT2D eigenvalue weighted by Crippen LogP contribution is -2.38. The van der Waals surface area contributed by atoms with E-state index in [-0.39, 0.29) is 12.1 Å². The van der Waals surface area contributed by atoms with Crippen LogP contribution in [0.4, 0.5) is 11.4 Å². The molecule has 1 N–H and O–H groups in total. The van der Waals surface area contributed by atoms with Crippen LogP contribution in [0.2, 0.25) is 5.02 Å². The molecule has 0 aliphatic carbocycles. The highest BCUT2D eigenvalue weighted by atomic mass is 35.5. The first kappa shape index (κ1) is 22.2. The maximum atomic E-state index is 6.89. The molecule has 0 spiro atoms. The van der Waals surface area contributed by atoms with Gasteiger partial charge in [0.15, 0.2) is 5.11 Å². The fourth-order valence-corrected chi connectivity index (χ4v) is 6.12. The number of anilines is 2. The Morgan fingerprint density at radius 3 is 2.48 bits per heavy atom. The summed E-state index contributed by atoms with van der Waals surface area (Å²) >= 11 is 12.7. The van der Waals surface area contributed by atoms with Crippen LogP contribution in [0, 0.1) is 11.8 Å². The zero-order valence-electron chi connectivity index (χ0n) is 19.3. The van der Waals surface area contributed by atoms with Gasteiger partial charge >= 0.3 is 0 Å². The second-order valence-corrected chi connectivity index (χ2v) is 10.3. The Kier molecular flexibility index (Phi) is 6.06. The highest BCUT2D eigenvalue weighted by molar-refractivity contribution is 7.80. The molecule has 2 aliphatic heterocycles. The summed E-state index contributed by atoms with van der Waals surface area (Å²) in [6, 6.07) is 16.5. The minimum absolute atomic E-state index is 0.0376. The van der Waals surface area contributed by atoms with Crippen molar-refractivity contribution in [3.8, 4) is 0 Å². The Balaban J connectivity index is 1.52. The molecular formula is C26H30ClN5S. The van der Waals surface area contributed by atoms with Gasteiger partial charge in [-0.15, -0.1) is 0 Å². The SMILES string of the molecule is CC1CC(C)CN(c2ccc(N3C(=S)NC(c4ccccn4)C3c3cccn3C)cc2Cl)C1. The van der Waals surface area contributed by atoms with Crippen molar-refractivity contribution in [3.63, 3.8) is 0 Å². The first-order valence-corrected chi connectivity index (χ1v) is 12.4. The summed E-state index contributed by atoms with van der Waals surface area (Å²) in [5, 5.41) is 4.97. The summed E-state index contributed by atoms with van der Waals surface area (Å²) in [5.74, 6) is 1.33. The number of thiocarbonyl (C=S) groups is 1. The fourth-order valence-electron chi connectivity index (χ4n) is 5.48. The molecule has 5 rings (SSSR count). The highest BCUT2D eigenvalue weighted by Crippen LogP contribution is 2.43. The third-order valence-electron chi connectivity index (χ3n) is 6.80. The van der Waals surface area contributed by atoms with Crippen molar-refractivity contribution in [1.82, 2.24) is 14.9 Å². The average Bonchev–Trinajstić information content (AvgIpc) is 3.35. The summed E-state index contributed by atoms with van der Waals surface area (Å²) in [7, 11) is 2.07. The Bertz CT molecular complexity index is 1140. The minimum Gasteiger partial charge on any atom is -0.370 e. The van der Waals surface area contributed by atoms with Gasteiger partial charge in [-0.1, -0.05) is 31.5 Å². The number of benzene rings is 1. The number of aryl methyl sites for hydroxylation is 1. The van der Waals surface area contributed by atoms with Gasteiger partial charge in [0.2, 0.25) is 0 Å². The van der Waals surface area contributed by atoms with Crippen molar-refractivity contribution >= 4 is 40.3 Å². The van der Waals surface area contributed by atoms with Crippen LogP contribution in [0.3, 0.4) is 0 Å². The lowest BCUT2D eigenvalue weighted by molar-refractivity contribution is 0.357. The van der Waals surface area contributed by atoms with Crippen LogP contribution in [0.1, 0.15) is 43.7 Å². The first-order chi connectivity index (χ1) is 15.9. The monoisotopic (exact) mass is 479 g/mol. The third kappa shape index (κ3) is 4.22. The first-order valence-electron chi connectivity index (χ1n) is 11.6. The van der Waals surface area contributed by atoms with Crippen molar-refractivity contribution < 1.29 is 0 Å². The van der Waals surface area contributed by atoms with E-state index in [4.69, 9.17) is 23.8 Å². The van der Waals surface area contributed by atoms with E-state index in [0.29, 0.717) is 16.9 Å². The van der Waals surface area contributed by atoms with Gasteiger partial charge in [-0.05, 0) is 72.9 Å². The van der Waals surface area contributed by atoms with Gasteiger partial charge < -0.3 is 19.7 Å². The van der Waals surface area contributed by atoms with Crippen molar-refractivity contribution in [2.75, 3.05) is 22.9 Å². The van der Waals surface area contributed by atoms with Crippen LogP contribution in [0.5, 0.6) is 0 Å². The predicted molar refractivity (Wildman–Crippen MR) is 140 cm³/mol. The molecule has 0 amide bonds. The van der Waals surface area contributed by atoms with Gasteiger partial charge in [0.05, 0.1) is 22.4 Å². The van der Waals surface area contributed by atoms with E-state index < -0.39 is 0 Å². The average molecular weight is 480 g/mol. The van der Waals surface area contributed by atoms with E-state index in [0.717, 1.165) is 40.9 Å². The quantitative estimate of drug-likeness (QED) is 0.483. The summed E-state index contributed by atoms with van der Waals surface area (Å²) < 4.78 is 2.15. The van der Waals surface area contributed by atoms with E-state index in [1.807, 2.05) is 18.3 Å². The zero-order chi connectivity index (χ0) is 23.1. The van der Waals surface area contributed by atoms with E-state index in [1.54, 1.807) is 0 Å². The lowest BCUT2D eigenvalue weighted by atomic mass is 9.91. The molecular weight excluding hydrogens is 450 g/mol. The van der Waals surface area contributed by atoms with Crippen molar-refractivity contribution in [2.45, 2.75) is 32.4 Å². The summed E-state index contributed by atoms with van der Waals surface area (Å²) in [6.45, 7) is 6.73. The Labute approximate surface area is 206 Å². The van der Waals surface area contributed by atoms with E-state index >= 15 is 0 Å². The molecule has 5 nitrogen and oxygen atoms in total. The van der Waals surface area contributed by atoms with Gasteiger partial charge in [0.25, 0.3) is 0 Å². The van der Waals surface area contributed by atoms with E-state index in [9.17, 15) is 0 Å². The van der Waals surface area contributed by atoms with Gasteiger partial charge in [0.1, 0.15) is 6.04 Å². The summed E-state index contributed by atoms with van der Waals surface area (Å²) in [4.78, 5) is 9.24. The number of piperidine rings is 1. The third-order valence-corrected chi connectivity index (χ3v) is 7.42. The number of hydrogen-bond donors (Lipinski definition) is 1. The Morgan fingerprint density at radius 2 is 1.85 bits per heavy atom. The van der Waals surface area contributed by atoms with E-state index in [2.05, 4.69) is 88.2 Å². The molecule has 7 heteroatoms. The second-order valence-electron chi connectivity index (χ2n) is 9.53. The molecule has 4 heterocycles. The predicted octanol–water partition coefficient (Wildman–Crippen LogP) is 5.73. The molecule has 2 aliphatic rings. The molecule has 0 saturated carbocycles. The summed E-state index contributed by atoms with van der Waals surface area (Å²) in [6.07, 6.45) is 5.17. The topological polar surface area (TPSA) is 36.3 Å². The van der Waals surface area contributed by atoms with Crippen LogP contribution >= 0.6 is 23.8 Å². The van der Waals surface area contributed by atoms with Crippen LogP contribution < -0.4 is 15.1 Å². The zero-order valence-corrected chi connectivity index (χ0v) is 20.9. The number of nitrogens with one attached hydrogen (secondary N) is 1. The molecule has 2 saturated heterocycles. The van der Waals surface area contributed by atoms with Gasteiger partial charge in [-0.2, -0.15) is 0 Å². The molecule has 3 aromatic rings. The molecule has 4 atom stereocenters. The molecule has 0 bridgehead atoms. The van der Waals surface area contributed by atoms with Crippen LogP contribution in [0.15, 0.2) is 60.9 Å². The minimum atomic E-state index is -0.0606. The van der Waals surface area contributed by atoms with Crippen LogP contribution in [0.25, 0.3) is 0 Å². The molecule has 0 radical (unpaired) electrons. The Hall–Kier alpha value is -2.57. The fraction of sp³-hybridized carbons (Fsp3) is 0.385. The normalized spacial score (nSPS) is 25.4. The number of nitrogens with zero attached hydrogens (tertiary/aromatic N) is 4.